The summed E-state index contributed by atoms with van der Waals surface area (Å²) in [5.41, 5.74) is 0.832. The summed E-state index contributed by atoms with van der Waals surface area (Å²) < 4.78 is 12.1. The number of carbonyl (C=O) groups is 2. The SMILES string of the molecule is C=CCN(CC(=O)N1CCCCC1c1nc(-c2ccc(Br)cc2)no1)C(=O)COc1ccccc1. The Kier molecular flexibility index (Phi) is 8.31. The number of hydrogen-bond acceptors (Lipinski definition) is 6. The average molecular weight is 539 g/mol. The van der Waals surface area contributed by atoms with Gasteiger partial charge >= 0.3 is 0 Å². The molecule has 0 aliphatic carbocycles. The van der Waals surface area contributed by atoms with Crippen LogP contribution in [0.15, 0.2) is 76.2 Å². The highest BCUT2D eigenvalue weighted by molar-refractivity contribution is 9.10. The van der Waals surface area contributed by atoms with Gasteiger partial charge in [-0.3, -0.25) is 9.59 Å². The Labute approximate surface area is 212 Å². The Morgan fingerprint density at radius 1 is 1.17 bits per heavy atom. The van der Waals surface area contributed by atoms with Crippen LogP contribution in [0.1, 0.15) is 31.2 Å². The summed E-state index contributed by atoms with van der Waals surface area (Å²) in [7, 11) is 0. The number of nitrogens with zero attached hydrogens (tertiary/aromatic N) is 4. The monoisotopic (exact) mass is 538 g/mol. The lowest BCUT2D eigenvalue weighted by atomic mass is 10.0. The number of amides is 2. The zero-order valence-electron chi connectivity index (χ0n) is 19.3. The van der Waals surface area contributed by atoms with Gasteiger partial charge in [-0.25, -0.2) is 0 Å². The van der Waals surface area contributed by atoms with Crippen LogP contribution in [-0.2, 0) is 9.59 Å². The van der Waals surface area contributed by atoms with E-state index >= 15 is 0 Å². The van der Waals surface area contributed by atoms with Gasteiger partial charge in [-0.2, -0.15) is 4.98 Å². The zero-order valence-corrected chi connectivity index (χ0v) is 20.9. The molecule has 2 heterocycles. The molecule has 35 heavy (non-hydrogen) atoms. The van der Waals surface area contributed by atoms with Crippen molar-refractivity contribution in [1.82, 2.24) is 19.9 Å². The van der Waals surface area contributed by atoms with Crippen LogP contribution in [0.3, 0.4) is 0 Å². The van der Waals surface area contributed by atoms with E-state index in [0.29, 0.717) is 24.0 Å². The Morgan fingerprint density at radius 2 is 1.94 bits per heavy atom. The molecule has 9 heteroatoms. The van der Waals surface area contributed by atoms with E-state index in [1.165, 1.54) is 4.90 Å². The zero-order chi connectivity index (χ0) is 24.6. The van der Waals surface area contributed by atoms with Crippen LogP contribution < -0.4 is 4.74 Å². The van der Waals surface area contributed by atoms with Gasteiger partial charge in [0.2, 0.25) is 17.6 Å². The summed E-state index contributed by atoms with van der Waals surface area (Å²) >= 11 is 3.42. The normalized spacial score (nSPS) is 15.5. The second kappa shape index (κ2) is 11.8. The van der Waals surface area contributed by atoms with Gasteiger partial charge in [-0.15, -0.1) is 6.58 Å². The van der Waals surface area contributed by atoms with Crippen LogP contribution in [0.2, 0.25) is 0 Å². The molecule has 1 aliphatic rings. The van der Waals surface area contributed by atoms with Gasteiger partial charge in [0.15, 0.2) is 6.61 Å². The van der Waals surface area contributed by atoms with Crippen molar-refractivity contribution in [2.45, 2.75) is 25.3 Å². The molecule has 0 saturated carbocycles. The molecule has 1 aliphatic heterocycles. The molecule has 2 aromatic carbocycles. The Bertz CT molecular complexity index is 1150. The fraction of sp³-hybridized carbons (Fsp3) is 0.308. The predicted molar refractivity (Wildman–Crippen MR) is 134 cm³/mol. The third kappa shape index (κ3) is 6.36. The molecule has 0 bridgehead atoms. The molecule has 0 spiro atoms. The third-order valence-electron chi connectivity index (χ3n) is 5.79. The van der Waals surface area contributed by atoms with Gasteiger partial charge in [0, 0.05) is 23.1 Å². The molecule has 4 rings (SSSR count). The molecule has 8 nitrogen and oxygen atoms in total. The Hall–Kier alpha value is -3.46. The smallest absolute Gasteiger partial charge is 0.261 e. The van der Waals surface area contributed by atoms with E-state index in [-0.39, 0.29) is 37.6 Å². The maximum atomic E-state index is 13.3. The lowest BCUT2D eigenvalue weighted by Gasteiger charge is -2.35. The van der Waals surface area contributed by atoms with Gasteiger partial charge < -0.3 is 19.1 Å². The Balaban J connectivity index is 1.43. The van der Waals surface area contributed by atoms with Crippen molar-refractivity contribution in [2.75, 3.05) is 26.2 Å². The maximum absolute atomic E-state index is 13.3. The fourth-order valence-corrected chi connectivity index (χ4v) is 4.26. The summed E-state index contributed by atoms with van der Waals surface area (Å²) in [5.74, 6) is 1.02. The first-order valence-electron chi connectivity index (χ1n) is 11.5. The van der Waals surface area contributed by atoms with Crippen LogP contribution in [0.4, 0.5) is 0 Å². The largest absolute Gasteiger partial charge is 0.484 e. The first-order valence-corrected chi connectivity index (χ1v) is 12.3. The average Bonchev–Trinajstić information content (AvgIpc) is 3.38. The van der Waals surface area contributed by atoms with E-state index in [9.17, 15) is 9.59 Å². The van der Waals surface area contributed by atoms with Crippen molar-refractivity contribution in [3.05, 3.63) is 77.6 Å². The Morgan fingerprint density at radius 3 is 2.69 bits per heavy atom. The molecule has 0 radical (unpaired) electrons. The molecule has 1 saturated heterocycles. The number of para-hydroxylation sites is 1. The van der Waals surface area contributed by atoms with Crippen molar-refractivity contribution in [3.63, 3.8) is 0 Å². The van der Waals surface area contributed by atoms with Crippen molar-refractivity contribution in [2.24, 2.45) is 0 Å². The molecule has 1 fully saturated rings. The molecule has 1 unspecified atom stereocenters. The van der Waals surface area contributed by atoms with E-state index in [1.54, 1.807) is 23.1 Å². The van der Waals surface area contributed by atoms with Crippen LogP contribution in [-0.4, -0.2) is 58.0 Å². The maximum Gasteiger partial charge on any atom is 0.261 e. The number of carbonyl (C=O) groups excluding carboxylic acids is 2. The first kappa shape index (κ1) is 24.7. The summed E-state index contributed by atoms with van der Waals surface area (Å²) in [6.07, 6.45) is 4.15. The highest BCUT2D eigenvalue weighted by Crippen LogP contribution is 2.31. The lowest BCUT2D eigenvalue weighted by Crippen LogP contribution is -2.47. The molecular formula is C26H27BrN4O4. The van der Waals surface area contributed by atoms with Gasteiger partial charge in [0.1, 0.15) is 18.3 Å². The van der Waals surface area contributed by atoms with Gasteiger partial charge in [0.05, 0.1) is 0 Å². The number of halogens is 1. The van der Waals surface area contributed by atoms with Crippen LogP contribution in [0, 0.1) is 0 Å². The summed E-state index contributed by atoms with van der Waals surface area (Å²) in [4.78, 5) is 33.9. The minimum atomic E-state index is -0.325. The molecule has 2 amide bonds. The van der Waals surface area contributed by atoms with E-state index in [2.05, 4.69) is 32.6 Å². The number of ether oxygens (including phenoxy) is 1. The fourth-order valence-electron chi connectivity index (χ4n) is 3.99. The molecule has 1 aromatic heterocycles. The number of hydrogen-bond donors (Lipinski definition) is 0. The van der Waals surface area contributed by atoms with E-state index in [1.807, 2.05) is 42.5 Å². The number of aromatic nitrogens is 2. The van der Waals surface area contributed by atoms with Gasteiger partial charge in [-0.05, 0) is 55.7 Å². The minimum absolute atomic E-state index is 0.0762. The second-order valence-corrected chi connectivity index (χ2v) is 9.14. The highest BCUT2D eigenvalue weighted by atomic mass is 79.9. The second-order valence-electron chi connectivity index (χ2n) is 8.23. The van der Waals surface area contributed by atoms with Crippen molar-refractivity contribution in [3.8, 4) is 17.1 Å². The van der Waals surface area contributed by atoms with Crippen molar-refractivity contribution >= 4 is 27.7 Å². The van der Waals surface area contributed by atoms with Crippen LogP contribution in [0.5, 0.6) is 5.75 Å². The molecule has 0 N–H and O–H groups in total. The predicted octanol–water partition coefficient (Wildman–Crippen LogP) is 4.65. The van der Waals surface area contributed by atoms with E-state index < -0.39 is 0 Å². The molecule has 182 valence electrons. The topological polar surface area (TPSA) is 88.8 Å². The first-order chi connectivity index (χ1) is 17.0. The number of rotatable bonds is 9. The molecular weight excluding hydrogens is 512 g/mol. The van der Waals surface area contributed by atoms with E-state index in [4.69, 9.17) is 9.26 Å². The van der Waals surface area contributed by atoms with Crippen molar-refractivity contribution < 1.29 is 18.8 Å². The standard InChI is InChI=1S/C26H27BrN4O4/c1-2-15-30(24(33)18-34-21-8-4-3-5-9-21)17-23(32)31-16-7-6-10-22(31)26-28-25(29-35-26)19-11-13-20(27)14-12-19/h2-5,8-9,11-14,22H,1,6-7,10,15-18H2. The van der Waals surface area contributed by atoms with E-state index in [0.717, 1.165) is 29.3 Å². The highest BCUT2D eigenvalue weighted by Gasteiger charge is 2.33. The van der Waals surface area contributed by atoms with Gasteiger partial charge in [0.25, 0.3) is 5.91 Å². The number of piperidine rings is 1. The third-order valence-corrected chi connectivity index (χ3v) is 6.31. The summed E-state index contributed by atoms with van der Waals surface area (Å²) in [6, 6.07) is 16.4. The number of likely N-dealkylation sites (tertiary alicyclic amines) is 1. The molecule has 3 aromatic rings. The summed E-state index contributed by atoms with van der Waals surface area (Å²) in [6.45, 7) is 4.30. The van der Waals surface area contributed by atoms with Crippen LogP contribution in [0.25, 0.3) is 11.4 Å². The molecule has 1 atom stereocenters. The van der Waals surface area contributed by atoms with Gasteiger partial charge in [-0.1, -0.05) is 45.4 Å². The summed E-state index contributed by atoms with van der Waals surface area (Å²) in [5, 5.41) is 4.12. The van der Waals surface area contributed by atoms with Crippen LogP contribution >= 0.6 is 15.9 Å². The minimum Gasteiger partial charge on any atom is -0.484 e. The lowest BCUT2D eigenvalue weighted by molar-refractivity contribution is -0.143. The number of benzene rings is 2. The van der Waals surface area contributed by atoms with Crippen molar-refractivity contribution in [1.29, 1.82) is 0 Å². The quantitative estimate of drug-likeness (QED) is 0.368.